The molecular weight excluding hydrogens is 414 g/mol. The van der Waals surface area contributed by atoms with Crippen LogP contribution in [0, 0.1) is 25.7 Å². The zero-order valence-electron chi connectivity index (χ0n) is 15.9. The van der Waals surface area contributed by atoms with Crippen LogP contribution in [-0.4, -0.2) is 30.3 Å². The third-order valence-corrected chi connectivity index (χ3v) is 7.20. The van der Waals surface area contributed by atoms with Gasteiger partial charge >= 0.3 is 5.97 Å². The number of nitrogens with one attached hydrogen (secondary N) is 1. The van der Waals surface area contributed by atoms with Crippen molar-refractivity contribution < 1.29 is 14.3 Å². The SMILES string of the molecule is Cc1cc(SCC(=O)OCC(=O)NC2CCCC(C)C2C)c(C)cc1Br. The molecule has 1 aromatic rings. The molecule has 1 aliphatic rings. The Morgan fingerprint density at radius 3 is 2.69 bits per heavy atom. The first-order valence-electron chi connectivity index (χ1n) is 9.12. The molecule has 3 atom stereocenters. The lowest BCUT2D eigenvalue weighted by Gasteiger charge is -2.34. The van der Waals surface area contributed by atoms with Crippen LogP contribution in [-0.2, 0) is 14.3 Å². The second-order valence-electron chi connectivity index (χ2n) is 7.26. The number of halogens is 1. The summed E-state index contributed by atoms with van der Waals surface area (Å²) in [5, 5.41) is 3.02. The molecular formula is C20H28BrNO3S. The fourth-order valence-corrected chi connectivity index (χ4v) is 4.63. The van der Waals surface area contributed by atoms with Crippen LogP contribution >= 0.6 is 27.7 Å². The molecule has 1 aliphatic carbocycles. The molecule has 26 heavy (non-hydrogen) atoms. The molecule has 4 nitrogen and oxygen atoms in total. The Balaban J connectivity index is 1.74. The maximum absolute atomic E-state index is 12.1. The van der Waals surface area contributed by atoms with Crippen LogP contribution in [0.4, 0.5) is 0 Å². The van der Waals surface area contributed by atoms with Crippen molar-refractivity contribution in [2.75, 3.05) is 12.4 Å². The topological polar surface area (TPSA) is 55.4 Å². The molecule has 3 unspecified atom stereocenters. The lowest BCUT2D eigenvalue weighted by Crippen LogP contribution is -2.45. The second kappa shape index (κ2) is 9.79. The summed E-state index contributed by atoms with van der Waals surface area (Å²) in [5.74, 6) is 0.708. The van der Waals surface area contributed by atoms with Crippen molar-refractivity contribution in [3.05, 3.63) is 27.7 Å². The fraction of sp³-hybridized carbons (Fsp3) is 0.600. The van der Waals surface area contributed by atoms with Gasteiger partial charge in [-0.2, -0.15) is 0 Å². The molecule has 1 saturated carbocycles. The van der Waals surface area contributed by atoms with E-state index in [4.69, 9.17) is 4.74 Å². The van der Waals surface area contributed by atoms with Crippen LogP contribution in [0.2, 0.25) is 0 Å². The Labute approximate surface area is 169 Å². The summed E-state index contributed by atoms with van der Waals surface area (Å²) < 4.78 is 6.20. The van der Waals surface area contributed by atoms with Crippen molar-refractivity contribution in [1.29, 1.82) is 0 Å². The van der Waals surface area contributed by atoms with Crippen molar-refractivity contribution in [2.24, 2.45) is 11.8 Å². The fourth-order valence-electron chi connectivity index (χ4n) is 3.27. The second-order valence-corrected chi connectivity index (χ2v) is 9.13. The lowest BCUT2D eigenvalue weighted by molar-refractivity contribution is -0.146. The first-order chi connectivity index (χ1) is 12.3. The Morgan fingerprint density at radius 1 is 1.23 bits per heavy atom. The maximum Gasteiger partial charge on any atom is 0.316 e. The number of ether oxygens (including phenoxy) is 1. The van der Waals surface area contributed by atoms with E-state index in [-0.39, 0.29) is 30.3 Å². The standard InChI is InChI=1S/C20H28BrNO3S/c1-12-6-5-7-17(15(12)4)22-19(23)10-25-20(24)11-26-18-9-13(2)16(21)8-14(18)3/h8-9,12,15,17H,5-7,10-11H2,1-4H3,(H,22,23). The number of aryl methyl sites for hydroxylation is 2. The molecule has 1 aromatic carbocycles. The van der Waals surface area contributed by atoms with Gasteiger partial charge in [-0.3, -0.25) is 9.59 Å². The van der Waals surface area contributed by atoms with Crippen molar-refractivity contribution >= 4 is 39.6 Å². The molecule has 0 saturated heterocycles. The number of hydrogen-bond donors (Lipinski definition) is 1. The largest absolute Gasteiger partial charge is 0.455 e. The zero-order chi connectivity index (χ0) is 19.3. The van der Waals surface area contributed by atoms with Crippen molar-refractivity contribution in [1.82, 2.24) is 5.32 Å². The van der Waals surface area contributed by atoms with E-state index in [9.17, 15) is 9.59 Å². The average Bonchev–Trinajstić information content (AvgIpc) is 2.59. The maximum atomic E-state index is 12.1. The van der Waals surface area contributed by atoms with Gasteiger partial charge < -0.3 is 10.1 Å². The van der Waals surface area contributed by atoms with Crippen LogP contribution in [0.15, 0.2) is 21.5 Å². The van der Waals surface area contributed by atoms with Gasteiger partial charge in [-0.25, -0.2) is 0 Å². The Bertz CT molecular complexity index is 665. The quantitative estimate of drug-likeness (QED) is 0.515. The Morgan fingerprint density at radius 2 is 1.96 bits per heavy atom. The molecule has 1 N–H and O–H groups in total. The summed E-state index contributed by atoms with van der Waals surface area (Å²) in [4.78, 5) is 25.1. The van der Waals surface area contributed by atoms with E-state index < -0.39 is 0 Å². The van der Waals surface area contributed by atoms with E-state index in [0.717, 1.165) is 33.3 Å². The first kappa shape index (κ1) is 21.3. The number of amides is 1. The van der Waals surface area contributed by atoms with Gasteiger partial charge in [0.15, 0.2) is 6.61 Å². The minimum absolute atomic E-state index is 0.188. The van der Waals surface area contributed by atoms with Crippen molar-refractivity contribution in [2.45, 2.75) is 57.9 Å². The minimum atomic E-state index is -0.366. The summed E-state index contributed by atoms with van der Waals surface area (Å²) >= 11 is 4.94. The molecule has 144 valence electrons. The van der Waals surface area contributed by atoms with Gasteiger partial charge in [-0.1, -0.05) is 42.6 Å². The number of carbonyl (C=O) groups is 2. The molecule has 6 heteroatoms. The molecule has 0 bridgehead atoms. The van der Waals surface area contributed by atoms with Gasteiger partial charge in [0, 0.05) is 15.4 Å². The van der Waals surface area contributed by atoms with Crippen molar-refractivity contribution in [3.8, 4) is 0 Å². The molecule has 0 aliphatic heterocycles. The molecule has 0 heterocycles. The minimum Gasteiger partial charge on any atom is -0.455 e. The molecule has 1 amide bonds. The number of benzene rings is 1. The molecule has 0 aromatic heterocycles. The summed E-state index contributed by atoms with van der Waals surface area (Å²) in [6.07, 6.45) is 3.36. The van der Waals surface area contributed by atoms with Gasteiger partial charge in [0.2, 0.25) is 0 Å². The van der Waals surface area contributed by atoms with Crippen LogP contribution in [0.1, 0.15) is 44.2 Å². The third kappa shape index (κ3) is 6.02. The summed E-state index contributed by atoms with van der Waals surface area (Å²) in [5.41, 5.74) is 2.24. The van der Waals surface area contributed by atoms with Gasteiger partial charge in [0.1, 0.15) is 0 Å². The van der Waals surface area contributed by atoms with E-state index in [0.29, 0.717) is 11.8 Å². The highest BCUT2D eigenvalue weighted by atomic mass is 79.9. The molecule has 0 radical (unpaired) electrons. The first-order valence-corrected chi connectivity index (χ1v) is 10.9. The van der Waals surface area contributed by atoms with Gasteiger partial charge in [-0.05, 0) is 55.4 Å². The lowest BCUT2D eigenvalue weighted by atomic mass is 9.78. The molecule has 0 spiro atoms. The number of thioether (sulfide) groups is 1. The Hall–Kier alpha value is -1.01. The van der Waals surface area contributed by atoms with Crippen LogP contribution < -0.4 is 5.32 Å². The van der Waals surface area contributed by atoms with Gasteiger partial charge in [0.05, 0.1) is 5.75 Å². The Kier molecular flexibility index (Phi) is 8.02. The van der Waals surface area contributed by atoms with Crippen LogP contribution in [0.25, 0.3) is 0 Å². The average molecular weight is 442 g/mol. The van der Waals surface area contributed by atoms with Gasteiger partial charge in [0.25, 0.3) is 5.91 Å². The van der Waals surface area contributed by atoms with Gasteiger partial charge in [-0.15, -0.1) is 11.8 Å². The smallest absolute Gasteiger partial charge is 0.316 e. The van der Waals surface area contributed by atoms with Crippen LogP contribution in [0.3, 0.4) is 0 Å². The highest BCUT2D eigenvalue weighted by Gasteiger charge is 2.28. The zero-order valence-corrected chi connectivity index (χ0v) is 18.3. The monoisotopic (exact) mass is 441 g/mol. The predicted octanol–water partition coefficient (Wildman–Crippen LogP) is 4.64. The number of rotatable bonds is 6. The number of hydrogen-bond acceptors (Lipinski definition) is 4. The summed E-state index contributed by atoms with van der Waals surface area (Å²) in [7, 11) is 0. The predicted molar refractivity (Wildman–Crippen MR) is 109 cm³/mol. The normalized spacial score (nSPS) is 22.7. The van der Waals surface area contributed by atoms with E-state index in [2.05, 4.69) is 41.2 Å². The summed E-state index contributed by atoms with van der Waals surface area (Å²) in [6, 6.07) is 4.28. The highest BCUT2D eigenvalue weighted by molar-refractivity contribution is 9.10. The molecule has 2 rings (SSSR count). The van der Waals surface area contributed by atoms with E-state index in [1.165, 1.54) is 18.2 Å². The van der Waals surface area contributed by atoms with Crippen LogP contribution in [0.5, 0.6) is 0 Å². The number of carbonyl (C=O) groups excluding carboxylic acids is 2. The van der Waals surface area contributed by atoms with E-state index in [1.54, 1.807) is 0 Å². The summed E-state index contributed by atoms with van der Waals surface area (Å²) in [6.45, 7) is 8.24. The van der Waals surface area contributed by atoms with Crippen molar-refractivity contribution in [3.63, 3.8) is 0 Å². The van der Waals surface area contributed by atoms with E-state index in [1.807, 2.05) is 19.9 Å². The molecule has 1 fully saturated rings. The van der Waals surface area contributed by atoms with E-state index >= 15 is 0 Å². The number of esters is 1. The highest BCUT2D eigenvalue weighted by Crippen LogP contribution is 2.30. The third-order valence-electron chi connectivity index (χ3n) is 5.22.